The Labute approximate surface area is 120 Å². The van der Waals surface area contributed by atoms with Gasteiger partial charge in [0.2, 0.25) is 0 Å². The highest BCUT2D eigenvalue weighted by molar-refractivity contribution is 9.10. The van der Waals surface area contributed by atoms with Crippen LogP contribution >= 0.6 is 27.7 Å². The number of carbonyl (C=O) groups excluding carboxylic acids is 1. The van der Waals surface area contributed by atoms with Gasteiger partial charge in [-0.25, -0.2) is 0 Å². The molecule has 0 aliphatic carbocycles. The molecule has 0 saturated heterocycles. The molecular weight excluding hydrogens is 314 g/mol. The van der Waals surface area contributed by atoms with Gasteiger partial charge in [0.25, 0.3) is 5.91 Å². The zero-order valence-corrected chi connectivity index (χ0v) is 13.0. The van der Waals surface area contributed by atoms with Gasteiger partial charge in [0.15, 0.2) is 0 Å². The summed E-state index contributed by atoms with van der Waals surface area (Å²) in [4.78, 5) is 11.9. The van der Waals surface area contributed by atoms with E-state index >= 15 is 0 Å². The first-order valence-electron chi connectivity index (χ1n) is 5.70. The van der Waals surface area contributed by atoms with E-state index in [1.165, 1.54) is 0 Å². The lowest BCUT2D eigenvalue weighted by atomic mass is 10.0. The molecule has 1 aromatic carbocycles. The Bertz CT molecular complexity index is 410. The van der Waals surface area contributed by atoms with Gasteiger partial charge in [-0.2, -0.15) is 11.8 Å². The molecule has 0 bridgehead atoms. The molecule has 3 nitrogen and oxygen atoms in total. The van der Waals surface area contributed by atoms with Crippen molar-refractivity contribution in [3.63, 3.8) is 0 Å². The Hall–Kier alpha value is -0.520. The van der Waals surface area contributed by atoms with Crippen LogP contribution in [0.4, 0.5) is 0 Å². The van der Waals surface area contributed by atoms with Gasteiger partial charge in [0.05, 0.1) is 5.60 Å². The van der Waals surface area contributed by atoms with Crippen molar-refractivity contribution in [2.45, 2.75) is 18.9 Å². The predicted molar refractivity (Wildman–Crippen MR) is 80.1 cm³/mol. The number of carbonyl (C=O) groups is 1. The molecule has 0 aliphatic rings. The largest absolute Gasteiger partial charge is 0.388 e. The van der Waals surface area contributed by atoms with Crippen LogP contribution in [-0.4, -0.2) is 35.2 Å². The fraction of sp³-hybridized carbons (Fsp3) is 0.462. The molecule has 1 aromatic rings. The molecule has 5 heteroatoms. The number of aliphatic hydroxyl groups is 1. The first-order chi connectivity index (χ1) is 8.44. The number of benzene rings is 1. The molecule has 2 N–H and O–H groups in total. The Kier molecular flexibility index (Phi) is 6.18. The fourth-order valence-corrected chi connectivity index (χ4v) is 2.46. The quantitative estimate of drug-likeness (QED) is 0.842. The first kappa shape index (κ1) is 15.5. The lowest BCUT2D eigenvalue weighted by Gasteiger charge is -2.23. The number of thioether (sulfide) groups is 1. The molecule has 0 aliphatic heterocycles. The van der Waals surface area contributed by atoms with Gasteiger partial charge in [-0.15, -0.1) is 0 Å². The van der Waals surface area contributed by atoms with Crippen LogP contribution < -0.4 is 5.32 Å². The van der Waals surface area contributed by atoms with Crippen LogP contribution in [0, 0.1) is 0 Å². The van der Waals surface area contributed by atoms with Crippen LogP contribution in [0.2, 0.25) is 0 Å². The summed E-state index contributed by atoms with van der Waals surface area (Å²) in [6.45, 7) is 2.00. The molecule has 1 amide bonds. The van der Waals surface area contributed by atoms with Gasteiger partial charge in [0, 0.05) is 16.6 Å². The summed E-state index contributed by atoms with van der Waals surface area (Å²) in [7, 11) is 0. The number of nitrogens with one attached hydrogen (secondary N) is 1. The average Bonchev–Trinajstić information content (AvgIpc) is 2.34. The zero-order valence-electron chi connectivity index (χ0n) is 10.6. The predicted octanol–water partition coefficient (Wildman–Crippen LogP) is 2.68. The minimum atomic E-state index is -0.856. The SMILES string of the molecule is CSCC[C@@](C)(O)CNC(=O)c1cccc(Br)c1. The fourth-order valence-electron chi connectivity index (χ4n) is 1.41. The molecule has 0 unspecified atom stereocenters. The molecule has 18 heavy (non-hydrogen) atoms. The van der Waals surface area contributed by atoms with E-state index in [0.717, 1.165) is 10.2 Å². The van der Waals surface area contributed by atoms with Gasteiger partial charge >= 0.3 is 0 Å². The number of amides is 1. The number of halogens is 1. The molecule has 1 atom stereocenters. The van der Waals surface area contributed by atoms with Gasteiger partial charge in [-0.05, 0) is 43.6 Å². The maximum absolute atomic E-state index is 11.9. The van der Waals surface area contributed by atoms with Gasteiger partial charge in [-0.3, -0.25) is 4.79 Å². The third-order valence-corrected chi connectivity index (χ3v) is 3.67. The van der Waals surface area contributed by atoms with E-state index in [0.29, 0.717) is 12.0 Å². The number of hydrogen-bond donors (Lipinski definition) is 2. The molecular formula is C13H18BrNO2S. The van der Waals surface area contributed by atoms with Crippen molar-refractivity contribution in [2.75, 3.05) is 18.6 Å². The van der Waals surface area contributed by atoms with E-state index in [2.05, 4.69) is 21.2 Å². The Morgan fingerprint density at radius 1 is 1.56 bits per heavy atom. The van der Waals surface area contributed by atoms with Crippen LogP contribution in [0.5, 0.6) is 0 Å². The van der Waals surface area contributed by atoms with E-state index in [9.17, 15) is 9.90 Å². The summed E-state index contributed by atoms with van der Waals surface area (Å²) in [6.07, 6.45) is 2.66. The molecule has 0 saturated carbocycles. The van der Waals surface area contributed by atoms with E-state index in [1.54, 1.807) is 30.8 Å². The van der Waals surface area contributed by atoms with Crippen molar-refractivity contribution >= 4 is 33.6 Å². The summed E-state index contributed by atoms with van der Waals surface area (Å²) in [5.74, 6) is 0.709. The Morgan fingerprint density at radius 2 is 2.28 bits per heavy atom. The molecule has 100 valence electrons. The summed E-state index contributed by atoms with van der Waals surface area (Å²) in [5.41, 5.74) is -0.268. The van der Waals surface area contributed by atoms with Crippen molar-refractivity contribution in [1.82, 2.24) is 5.32 Å². The monoisotopic (exact) mass is 331 g/mol. The minimum Gasteiger partial charge on any atom is -0.388 e. The van der Waals surface area contributed by atoms with Crippen LogP contribution in [0.1, 0.15) is 23.7 Å². The molecule has 0 fully saturated rings. The van der Waals surface area contributed by atoms with Crippen LogP contribution in [-0.2, 0) is 0 Å². The van der Waals surface area contributed by atoms with Gasteiger partial charge in [-0.1, -0.05) is 22.0 Å². The Morgan fingerprint density at radius 3 is 2.89 bits per heavy atom. The first-order valence-corrected chi connectivity index (χ1v) is 7.88. The second-order valence-electron chi connectivity index (χ2n) is 4.43. The summed E-state index contributed by atoms with van der Waals surface area (Å²) >= 11 is 5.01. The van der Waals surface area contributed by atoms with E-state index in [1.807, 2.05) is 18.4 Å². The highest BCUT2D eigenvalue weighted by Gasteiger charge is 2.20. The van der Waals surface area contributed by atoms with Gasteiger partial charge < -0.3 is 10.4 Å². The van der Waals surface area contributed by atoms with Crippen LogP contribution in [0.15, 0.2) is 28.7 Å². The van der Waals surface area contributed by atoms with Gasteiger partial charge in [0.1, 0.15) is 0 Å². The number of rotatable bonds is 6. The maximum Gasteiger partial charge on any atom is 0.251 e. The van der Waals surface area contributed by atoms with E-state index in [4.69, 9.17) is 0 Å². The van der Waals surface area contributed by atoms with Crippen molar-refractivity contribution in [3.05, 3.63) is 34.3 Å². The van der Waals surface area contributed by atoms with Crippen LogP contribution in [0.25, 0.3) is 0 Å². The van der Waals surface area contributed by atoms with Crippen LogP contribution in [0.3, 0.4) is 0 Å². The zero-order chi connectivity index (χ0) is 13.6. The highest BCUT2D eigenvalue weighted by atomic mass is 79.9. The van der Waals surface area contributed by atoms with Crippen molar-refractivity contribution in [1.29, 1.82) is 0 Å². The van der Waals surface area contributed by atoms with E-state index in [-0.39, 0.29) is 12.5 Å². The third kappa shape index (κ3) is 5.42. The molecule has 0 spiro atoms. The lowest BCUT2D eigenvalue weighted by molar-refractivity contribution is 0.0528. The maximum atomic E-state index is 11.9. The third-order valence-electron chi connectivity index (χ3n) is 2.56. The summed E-state index contributed by atoms with van der Waals surface area (Å²) in [5, 5.41) is 12.8. The highest BCUT2D eigenvalue weighted by Crippen LogP contribution is 2.13. The average molecular weight is 332 g/mol. The second-order valence-corrected chi connectivity index (χ2v) is 6.33. The Balaban J connectivity index is 2.50. The summed E-state index contributed by atoms with van der Waals surface area (Å²) in [6, 6.07) is 7.18. The van der Waals surface area contributed by atoms with Crippen molar-refractivity contribution < 1.29 is 9.90 Å². The minimum absolute atomic E-state index is 0.166. The second kappa shape index (κ2) is 7.16. The smallest absolute Gasteiger partial charge is 0.251 e. The normalized spacial score (nSPS) is 14.0. The standard InChI is InChI=1S/C13H18BrNO2S/c1-13(17,6-7-18-2)9-15-12(16)10-4-3-5-11(14)8-10/h3-5,8,17H,6-7,9H2,1-2H3,(H,15,16)/t13-/m1/s1. The van der Waals surface area contributed by atoms with Crippen molar-refractivity contribution in [2.24, 2.45) is 0 Å². The number of hydrogen-bond acceptors (Lipinski definition) is 3. The lowest BCUT2D eigenvalue weighted by Crippen LogP contribution is -2.41. The van der Waals surface area contributed by atoms with E-state index < -0.39 is 5.60 Å². The van der Waals surface area contributed by atoms with Crippen molar-refractivity contribution in [3.8, 4) is 0 Å². The summed E-state index contributed by atoms with van der Waals surface area (Å²) < 4.78 is 0.865. The topological polar surface area (TPSA) is 49.3 Å². The molecule has 1 rings (SSSR count). The molecule has 0 aromatic heterocycles. The molecule has 0 radical (unpaired) electrons. The molecule has 0 heterocycles.